The molecule has 0 aliphatic carbocycles. The smallest absolute Gasteiger partial charge is 0.246 e. The van der Waals surface area contributed by atoms with Crippen LogP contribution in [0.2, 0.25) is 0 Å². The van der Waals surface area contributed by atoms with Gasteiger partial charge in [-0.3, -0.25) is 14.5 Å². The molecule has 0 saturated heterocycles. The first-order valence-corrected chi connectivity index (χ1v) is 10.7. The number of amides is 2. The highest BCUT2D eigenvalue weighted by atomic mass is 16.3. The summed E-state index contributed by atoms with van der Waals surface area (Å²) in [7, 11) is 5.58. The molecule has 166 valence electrons. The summed E-state index contributed by atoms with van der Waals surface area (Å²) >= 11 is 0. The monoisotopic (exact) mass is 432 g/mol. The van der Waals surface area contributed by atoms with Crippen LogP contribution in [0.15, 0.2) is 47.0 Å². The first-order chi connectivity index (χ1) is 15.3. The van der Waals surface area contributed by atoms with Gasteiger partial charge in [0.05, 0.1) is 6.04 Å². The fourth-order valence-electron chi connectivity index (χ4n) is 4.07. The summed E-state index contributed by atoms with van der Waals surface area (Å²) in [6.07, 6.45) is 6.46. The summed E-state index contributed by atoms with van der Waals surface area (Å²) in [5.41, 5.74) is 3.65. The van der Waals surface area contributed by atoms with Gasteiger partial charge in [0.15, 0.2) is 0 Å². The van der Waals surface area contributed by atoms with E-state index in [1.165, 1.54) is 0 Å². The molecule has 3 aromatic rings. The second kappa shape index (κ2) is 8.96. The van der Waals surface area contributed by atoms with Gasteiger partial charge in [-0.05, 0) is 63.2 Å². The number of rotatable bonds is 5. The van der Waals surface area contributed by atoms with Gasteiger partial charge < -0.3 is 14.6 Å². The summed E-state index contributed by atoms with van der Waals surface area (Å²) in [5, 5.41) is 3.94. The lowest BCUT2D eigenvalue weighted by molar-refractivity contribution is -0.125. The molecule has 0 saturated carbocycles. The molecular formula is C25H28N4O3. The Hall–Kier alpha value is -3.45. The fourth-order valence-corrected chi connectivity index (χ4v) is 4.07. The third-order valence-electron chi connectivity index (χ3n) is 5.93. The van der Waals surface area contributed by atoms with E-state index in [0.717, 1.165) is 46.3 Å². The highest BCUT2D eigenvalue weighted by molar-refractivity contribution is 5.96. The van der Waals surface area contributed by atoms with Gasteiger partial charge in [0.25, 0.3) is 0 Å². The molecule has 0 spiro atoms. The number of nitrogens with zero attached hydrogens (tertiary/aromatic N) is 3. The molecule has 0 unspecified atom stereocenters. The zero-order valence-electron chi connectivity index (χ0n) is 18.9. The molecule has 1 aromatic carbocycles. The van der Waals surface area contributed by atoms with Gasteiger partial charge >= 0.3 is 0 Å². The molecule has 32 heavy (non-hydrogen) atoms. The number of likely N-dealkylation sites (N-methyl/N-ethyl adjacent to an activating group) is 2. The molecule has 7 nitrogen and oxygen atoms in total. The number of furan rings is 1. The van der Waals surface area contributed by atoms with Crippen molar-refractivity contribution in [2.75, 3.05) is 26.5 Å². The highest BCUT2D eigenvalue weighted by Crippen LogP contribution is 2.26. The van der Waals surface area contributed by atoms with Gasteiger partial charge in [0.2, 0.25) is 11.8 Å². The number of para-hydroxylation sites is 1. The Morgan fingerprint density at radius 2 is 2.06 bits per heavy atom. The van der Waals surface area contributed by atoms with Crippen molar-refractivity contribution < 1.29 is 14.0 Å². The summed E-state index contributed by atoms with van der Waals surface area (Å²) in [4.78, 5) is 33.1. The van der Waals surface area contributed by atoms with Crippen LogP contribution in [0.5, 0.6) is 0 Å². The van der Waals surface area contributed by atoms with Crippen LogP contribution in [-0.4, -0.2) is 53.8 Å². The van der Waals surface area contributed by atoms with E-state index in [1.54, 1.807) is 30.3 Å². The number of hydrogen-bond acceptors (Lipinski definition) is 5. The zero-order chi connectivity index (χ0) is 22.8. The molecule has 2 amide bonds. The number of carbonyl (C=O) groups excluding carboxylic acids is 2. The number of carbonyl (C=O) groups is 2. The Balaban J connectivity index is 1.46. The SMILES string of the molecule is Cc1oc2ccccc2c1CN(C)C(=O)/C=C/c1cnc2c(c1)CC[C@H](N(C)C)C(=O)N2. The van der Waals surface area contributed by atoms with Crippen LogP contribution in [0.1, 0.15) is 28.9 Å². The average Bonchev–Trinajstić information content (AvgIpc) is 2.97. The minimum Gasteiger partial charge on any atom is -0.461 e. The third kappa shape index (κ3) is 4.43. The number of fused-ring (bicyclic) bond motifs is 2. The summed E-state index contributed by atoms with van der Waals surface area (Å²) < 4.78 is 5.80. The molecule has 1 aliphatic heterocycles. The summed E-state index contributed by atoms with van der Waals surface area (Å²) in [6.45, 7) is 2.39. The van der Waals surface area contributed by atoms with Crippen molar-refractivity contribution >= 4 is 34.7 Å². The maximum atomic E-state index is 12.7. The maximum absolute atomic E-state index is 12.7. The largest absolute Gasteiger partial charge is 0.461 e. The topological polar surface area (TPSA) is 78.7 Å². The molecule has 7 heteroatoms. The van der Waals surface area contributed by atoms with E-state index in [4.69, 9.17) is 4.42 Å². The van der Waals surface area contributed by atoms with Crippen LogP contribution in [0, 0.1) is 6.92 Å². The molecule has 0 bridgehead atoms. The number of anilines is 1. The van der Waals surface area contributed by atoms with Crippen molar-refractivity contribution in [3.63, 3.8) is 0 Å². The highest BCUT2D eigenvalue weighted by Gasteiger charge is 2.25. The Morgan fingerprint density at radius 3 is 2.84 bits per heavy atom. The molecule has 2 aromatic heterocycles. The van der Waals surface area contributed by atoms with Crippen molar-refractivity contribution in [2.45, 2.75) is 32.4 Å². The van der Waals surface area contributed by atoms with Gasteiger partial charge in [-0.1, -0.05) is 18.2 Å². The number of benzene rings is 1. The predicted octanol–water partition coefficient (Wildman–Crippen LogP) is 3.62. The van der Waals surface area contributed by atoms with E-state index in [-0.39, 0.29) is 17.9 Å². The van der Waals surface area contributed by atoms with Gasteiger partial charge in [0.1, 0.15) is 17.2 Å². The Labute approximate surface area is 187 Å². The number of aromatic nitrogens is 1. The van der Waals surface area contributed by atoms with E-state index in [9.17, 15) is 9.59 Å². The minimum absolute atomic E-state index is 0.0385. The fraction of sp³-hybridized carbons (Fsp3) is 0.320. The van der Waals surface area contributed by atoms with Crippen molar-refractivity contribution in [2.24, 2.45) is 0 Å². The first kappa shape index (κ1) is 21.8. The van der Waals surface area contributed by atoms with Crippen LogP contribution in [0.25, 0.3) is 17.0 Å². The van der Waals surface area contributed by atoms with Gasteiger partial charge in [0, 0.05) is 36.8 Å². The van der Waals surface area contributed by atoms with Crippen LogP contribution in [0.3, 0.4) is 0 Å². The van der Waals surface area contributed by atoms with Gasteiger partial charge in [-0.15, -0.1) is 0 Å². The molecule has 1 atom stereocenters. The van der Waals surface area contributed by atoms with Crippen LogP contribution in [0.4, 0.5) is 5.82 Å². The van der Waals surface area contributed by atoms with E-state index < -0.39 is 0 Å². The van der Waals surface area contributed by atoms with Crippen LogP contribution < -0.4 is 5.32 Å². The summed E-state index contributed by atoms with van der Waals surface area (Å²) in [5.74, 6) is 1.28. The average molecular weight is 433 g/mol. The molecule has 1 N–H and O–H groups in total. The van der Waals surface area contributed by atoms with Gasteiger partial charge in [-0.2, -0.15) is 0 Å². The molecule has 3 heterocycles. The first-order valence-electron chi connectivity index (χ1n) is 10.7. The number of aryl methyl sites for hydroxylation is 2. The quantitative estimate of drug-likeness (QED) is 0.623. The second-order valence-electron chi connectivity index (χ2n) is 8.44. The lowest BCUT2D eigenvalue weighted by Gasteiger charge is -2.20. The van der Waals surface area contributed by atoms with Gasteiger partial charge in [-0.25, -0.2) is 4.98 Å². The normalized spacial score (nSPS) is 16.3. The standard InChI is InChI=1S/C25H28N4O3/c1-16-20(19-7-5-6-8-22(19)32-16)15-29(4)23(30)12-9-17-13-18-10-11-21(28(2)3)25(31)27-24(18)26-14-17/h5-9,12-14,21H,10-11,15H2,1-4H3,(H,26,27,31)/b12-9+/t21-/m0/s1. The zero-order valence-corrected chi connectivity index (χ0v) is 18.9. The predicted molar refractivity (Wildman–Crippen MR) is 125 cm³/mol. The minimum atomic E-state index is -0.180. The molecule has 0 fully saturated rings. The van der Waals surface area contributed by atoms with Crippen LogP contribution in [-0.2, 0) is 22.6 Å². The molecular weight excluding hydrogens is 404 g/mol. The van der Waals surface area contributed by atoms with E-state index in [1.807, 2.05) is 56.3 Å². The van der Waals surface area contributed by atoms with E-state index >= 15 is 0 Å². The number of hydrogen-bond donors (Lipinski definition) is 1. The van der Waals surface area contributed by atoms with Crippen molar-refractivity contribution in [1.29, 1.82) is 0 Å². The number of pyridine rings is 1. The lowest BCUT2D eigenvalue weighted by Crippen LogP contribution is -2.38. The Morgan fingerprint density at radius 1 is 1.28 bits per heavy atom. The molecule has 1 aliphatic rings. The van der Waals surface area contributed by atoms with Crippen LogP contribution >= 0.6 is 0 Å². The van der Waals surface area contributed by atoms with E-state index in [0.29, 0.717) is 12.4 Å². The second-order valence-corrected chi connectivity index (χ2v) is 8.44. The lowest BCUT2D eigenvalue weighted by atomic mass is 10.1. The Bertz CT molecular complexity index is 1200. The summed E-state index contributed by atoms with van der Waals surface area (Å²) in [6, 6.07) is 9.65. The molecule has 4 rings (SSSR count). The van der Waals surface area contributed by atoms with E-state index in [2.05, 4.69) is 10.3 Å². The van der Waals surface area contributed by atoms with Crippen molar-refractivity contribution in [3.05, 3.63) is 65.1 Å². The number of nitrogens with one attached hydrogen (secondary N) is 1. The maximum Gasteiger partial charge on any atom is 0.246 e. The third-order valence-corrected chi connectivity index (χ3v) is 5.93. The molecule has 0 radical (unpaired) electrons. The van der Waals surface area contributed by atoms with Crippen molar-refractivity contribution in [1.82, 2.24) is 14.8 Å². The van der Waals surface area contributed by atoms with Crippen molar-refractivity contribution in [3.8, 4) is 0 Å². The Kier molecular flexibility index (Phi) is 6.10.